The molecule has 1 aromatic heterocycles. The van der Waals surface area contributed by atoms with Crippen molar-refractivity contribution >= 4 is 44.7 Å². The second kappa shape index (κ2) is 11.0. The predicted molar refractivity (Wildman–Crippen MR) is 138 cm³/mol. The number of benzene rings is 2. The Bertz CT molecular complexity index is 1400. The minimum Gasteiger partial charge on any atom is -0.471 e. The molecule has 0 amide bonds. The number of carbonyl (C=O) groups excluding carboxylic acids is 1. The normalized spacial score (nSPS) is 15.2. The average molecular weight is 557 g/mol. The molecule has 2 aromatic carbocycles. The van der Waals surface area contributed by atoms with Gasteiger partial charge in [0.15, 0.2) is 6.10 Å². The van der Waals surface area contributed by atoms with Crippen LogP contribution in [0.1, 0.15) is 56.3 Å². The van der Waals surface area contributed by atoms with Crippen LogP contribution in [0, 0.1) is 10.1 Å². The first-order chi connectivity index (χ1) is 17.3. The Morgan fingerprint density at radius 3 is 2.69 bits per heavy atom. The third-order valence-electron chi connectivity index (χ3n) is 6.15. The highest BCUT2D eigenvalue weighted by Gasteiger charge is 2.26. The summed E-state index contributed by atoms with van der Waals surface area (Å²) < 4.78 is 12.0. The SMILES string of the molecule is COC(=O)[C@H](C)Oc1c(C=Nn2c(C3CCCCC3)nc3ccccc3c2=O)cc(Br)cc1[N+](=O)[O-]. The summed E-state index contributed by atoms with van der Waals surface area (Å²) in [6.07, 6.45) is 5.22. The molecule has 1 atom stereocenters. The third kappa shape index (κ3) is 5.30. The summed E-state index contributed by atoms with van der Waals surface area (Å²) in [5, 5.41) is 16.6. The van der Waals surface area contributed by atoms with Gasteiger partial charge in [-0.05, 0) is 38.0 Å². The number of para-hydroxylation sites is 1. The van der Waals surface area contributed by atoms with Crippen LogP contribution in [0.4, 0.5) is 5.69 Å². The number of fused-ring (bicyclic) bond motifs is 1. The number of nitro benzene ring substituents is 1. The van der Waals surface area contributed by atoms with Crippen molar-refractivity contribution in [3.8, 4) is 5.75 Å². The standard InChI is InChI=1S/C25H25BrN4O6/c1-15(25(32)35-2)36-22-17(12-18(26)13-21(22)30(33)34)14-27-29-23(16-8-4-3-5-9-16)28-20-11-7-6-10-19(20)24(29)31/h6-7,10-16H,3-5,8-9H2,1-2H3/t15-/m0/s1. The van der Waals surface area contributed by atoms with Crippen LogP contribution in [0.15, 0.2) is 50.8 Å². The van der Waals surface area contributed by atoms with Gasteiger partial charge in [-0.1, -0.05) is 47.3 Å². The van der Waals surface area contributed by atoms with Crippen LogP contribution in [0.2, 0.25) is 0 Å². The Morgan fingerprint density at radius 1 is 1.28 bits per heavy atom. The van der Waals surface area contributed by atoms with Gasteiger partial charge in [-0.25, -0.2) is 9.78 Å². The predicted octanol–water partition coefficient (Wildman–Crippen LogP) is 4.94. The minimum absolute atomic E-state index is 0.0696. The highest BCUT2D eigenvalue weighted by molar-refractivity contribution is 9.10. The van der Waals surface area contributed by atoms with Crippen LogP contribution in [0.25, 0.3) is 10.9 Å². The number of hydrogen-bond donors (Lipinski definition) is 0. The topological polar surface area (TPSA) is 126 Å². The molecule has 0 aliphatic heterocycles. The summed E-state index contributed by atoms with van der Waals surface area (Å²) in [4.78, 5) is 41.3. The van der Waals surface area contributed by atoms with Gasteiger partial charge in [0, 0.05) is 22.0 Å². The summed E-state index contributed by atoms with van der Waals surface area (Å²) in [6.45, 7) is 1.43. The Labute approximate surface area is 215 Å². The monoisotopic (exact) mass is 556 g/mol. The molecule has 1 fully saturated rings. The maximum absolute atomic E-state index is 13.4. The van der Waals surface area contributed by atoms with Crippen LogP contribution >= 0.6 is 15.9 Å². The number of ether oxygens (including phenoxy) is 2. The first-order valence-corrected chi connectivity index (χ1v) is 12.4. The van der Waals surface area contributed by atoms with Crippen molar-refractivity contribution in [3.63, 3.8) is 0 Å². The van der Waals surface area contributed by atoms with Crippen molar-refractivity contribution in [1.29, 1.82) is 0 Å². The largest absolute Gasteiger partial charge is 0.471 e. The molecule has 1 heterocycles. The number of aromatic nitrogens is 2. The van der Waals surface area contributed by atoms with Crippen molar-refractivity contribution in [1.82, 2.24) is 9.66 Å². The summed E-state index contributed by atoms with van der Waals surface area (Å²) in [5.74, 6) is -0.222. The summed E-state index contributed by atoms with van der Waals surface area (Å²) in [5.41, 5.74) is 0.121. The fourth-order valence-electron chi connectivity index (χ4n) is 4.35. The van der Waals surface area contributed by atoms with Crippen molar-refractivity contribution in [2.24, 2.45) is 5.10 Å². The zero-order valence-corrected chi connectivity index (χ0v) is 21.4. The number of rotatable bonds is 7. The minimum atomic E-state index is -1.11. The van der Waals surface area contributed by atoms with E-state index in [0.717, 1.165) is 32.1 Å². The fourth-order valence-corrected chi connectivity index (χ4v) is 4.81. The van der Waals surface area contributed by atoms with E-state index < -0.39 is 17.0 Å². The van der Waals surface area contributed by atoms with Gasteiger partial charge in [0.2, 0.25) is 5.75 Å². The maximum atomic E-state index is 13.4. The molecule has 0 bridgehead atoms. The van der Waals surface area contributed by atoms with E-state index >= 15 is 0 Å². The lowest BCUT2D eigenvalue weighted by Crippen LogP contribution is -2.26. The molecule has 4 rings (SSSR count). The molecule has 11 heteroatoms. The molecule has 1 aliphatic carbocycles. The number of hydrogen-bond acceptors (Lipinski definition) is 8. The van der Waals surface area contributed by atoms with Crippen molar-refractivity contribution in [2.75, 3.05) is 7.11 Å². The van der Waals surface area contributed by atoms with Crippen molar-refractivity contribution in [2.45, 2.75) is 51.0 Å². The maximum Gasteiger partial charge on any atom is 0.346 e. The highest BCUT2D eigenvalue weighted by atomic mass is 79.9. The summed E-state index contributed by atoms with van der Waals surface area (Å²) >= 11 is 3.28. The molecular formula is C25H25BrN4O6. The molecule has 1 aliphatic rings. The van der Waals surface area contributed by atoms with Crippen LogP contribution in [0.3, 0.4) is 0 Å². The molecule has 188 valence electrons. The van der Waals surface area contributed by atoms with E-state index in [1.807, 2.05) is 6.07 Å². The number of nitro groups is 1. The quantitative estimate of drug-likeness (QED) is 0.174. The molecule has 0 N–H and O–H groups in total. The molecule has 1 saturated carbocycles. The van der Waals surface area contributed by atoms with Crippen LogP contribution in [-0.4, -0.2) is 40.0 Å². The van der Waals surface area contributed by atoms with E-state index in [1.165, 1.54) is 31.0 Å². The zero-order valence-electron chi connectivity index (χ0n) is 19.8. The Morgan fingerprint density at radius 2 is 2.00 bits per heavy atom. The summed E-state index contributed by atoms with van der Waals surface area (Å²) in [7, 11) is 1.20. The Kier molecular flexibility index (Phi) is 7.78. The van der Waals surface area contributed by atoms with Crippen LogP contribution in [-0.2, 0) is 9.53 Å². The number of carbonyl (C=O) groups is 1. The highest BCUT2D eigenvalue weighted by Crippen LogP contribution is 2.35. The van der Waals surface area contributed by atoms with E-state index in [-0.39, 0.29) is 28.5 Å². The van der Waals surface area contributed by atoms with Gasteiger partial charge in [0.05, 0.1) is 29.2 Å². The van der Waals surface area contributed by atoms with Gasteiger partial charge in [-0.3, -0.25) is 14.9 Å². The van der Waals surface area contributed by atoms with Gasteiger partial charge in [0.1, 0.15) is 5.82 Å². The van der Waals surface area contributed by atoms with Gasteiger partial charge in [-0.15, -0.1) is 0 Å². The third-order valence-corrected chi connectivity index (χ3v) is 6.61. The molecular weight excluding hydrogens is 532 g/mol. The smallest absolute Gasteiger partial charge is 0.346 e. The van der Waals surface area contributed by atoms with Gasteiger partial charge in [0.25, 0.3) is 5.56 Å². The Balaban J connectivity index is 1.86. The van der Waals surface area contributed by atoms with Crippen LogP contribution in [0.5, 0.6) is 5.75 Å². The van der Waals surface area contributed by atoms with Crippen molar-refractivity contribution < 1.29 is 19.2 Å². The molecule has 0 spiro atoms. The number of halogens is 1. The van der Waals surface area contributed by atoms with Crippen molar-refractivity contribution in [3.05, 3.63) is 72.7 Å². The lowest BCUT2D eigenvalue weighted by atomic mass is 9.88. The van der Waals surface area contributed by atoms with E-state index in [2.05, 4.69) is 25.8 Å². The first-order valence-electron chi connectivity index (χ1n) is 11.6. The average Bonchev–Trinajstić information content (AvgIpc) is 2.88. The van der Waals surface area contributed by atoms with E-state index in [9.17, 15) is 19.7 Å². The Hall–Kier alpha value is -3.60. The zero-order chi connectivity index (χ0) is 25.8. The van der Waals surface area contributed by atoms with E-state index in [1.54, 1.807) is 24.3 Å². The molecule has 10 nitrogen and oxygen atoms in total. The van der Waals surface area contributed by atoms with E-state index in [0.29, 0.717) is 21.2 Å². The fraction of sp³-hybridized carbons (Fsp3) is 0.360. The lowest BCUT2D eigenvalue weighted by Gasteiger charge is -2.22. The van der Waals surface area contributed by atoms with Gasteiger partial charge in [-0.2, -0.15) is 9.78 Å². The number of methoxy groups -OCH3 is 1. The lowest BCUT2D eigenvalue weighted by molar-refractivity contribution is -0.386. The van der Waals surface area contributed by atoms with Gasteiger partial charge < -0.3 is 9.47 Å². The second-order valence-electron chi connectivity index (χ2n) is 8.57. The second-order valence-corrected chi connectivity index (χ2v) is 9.48. The molecule has 0 unspecified atom stereocenters. The molecule has 36 heavy (non-hydrogen) atoms. The van der Waals surface area contributed by atoms with Gasteiger partial charge >= 0.3 is 11.7 Å². The number of nitrogens with zero attached hydrogens (tertiary/aromatic N) is 4. The van der Waals surface area contributed by atoms with E-state index in [4.69, 9.17) is 9.72 Å². The number of esters is 1. The van der Waals surface area contributed by atoms with Crippen LogP contribution < -0.4 is 10.3 Å². The summed E-state index contributed by atoms with van der Waals surface area (Å²) in [6, 6.07) is 9.92. The molecule has 0 radical (unpaired) electrons. The molecule has 3 aromatic rings. The first kappa shape index (κ1) is 25.5. The molecule has 0 saturated heterocycles.